The highest BCUT2D eigenvalue weighted by molar-refractivity contribution is 5.70. The van der Waals surface area contributed by atoms with E-state index < -0.39 is 0 Å². The number of hydrogen-bond acceptors (Lipinski definition) is 5. The van der Waals surface area contributed by atoms with E-state index in [9.17, 15) is 9.59 Å². The molecule has 0 radical (unpaired) electrons. The molecule has 0 amide bonds. The minimum absolute atomic E-state index is 0.122. The Bertz CT molecular complexity index is 227. The molecule has 0 spiro atoms. The van der Waals surface area contributed by atoms with Gasteiger partial charge in [0.2, 0.25) is 0 Å². The molecule has 0 aromatic carbocycles. The highest BCUT2D eigenvalue weighted by atomic mass is 16.6. The fourth-order valence-corrected chi connectivity index (χ4v) is 1.33. The number of rotatable bonds is 11. The zero-order valence-corrected chi connectivity index (χ0v) is 11.2. The standard InChI is InChI=1S/C13H24O5/c1-2-3-7-12(15)17-10-11-18-13(16)8-5-4-6-9-14/h14H,2-11H2,1H3. The van der Waals surface area contributed by atoms with Crippen LogP contribution in [-0.4, -0.2) is 36.9 Å². The second kappa shape index (κ2) is 12.4. The van der Waals surface area contributed by atoms with Crippen molar-refractivity contribution in [2.24, 2.45) is 0 Å². The van der Waals surface area contributed by atoms with Gasteiger partial charge in [0.15, 0.2) is 0 Å². The Labute approximate surface area is 108 Å². The van der Waals surface area contributed by atoms with Crippen LogP contribution in [0.4, 0.5) is 0 Å². The first-order valence-corrected chi connectivity index (χ1v) is 6.62. The van der Waals surface area contributed by atoms with Gasteiger partial charge in [-0.15, -0.1) is 0 Å². The van der Waals surface area contributed by atoms with Crippen molar-refractivity contribution in [3.63, 3.8) is 0 Å². The van der Waals surface area contributed by atoms with Crippen LogP contribution in [0.1, 0.15) is 51.9 Å². The molecule has 0 atom stereocenters. The maximum absolute atomic E-state index is 11.2. The first-order chi connectivity index (χ1) is 8.70. The maximum Gasteiger partial charge on any atom is 0.305 e. The van der Waals surface area contributed by atoms with Gasteiger partial charge in [0.1, 0.15) is 13.2 Å². The summed E-state index contributed by atoms with van der Waals surface area (Å²) in [6.07, 6.45) is 4.80. The number of esters is 2. The van der Waals surface area contributed by atoms with Gasteiger partial charge in [-0.3, -0.25) is 9.59 Å². The zero-order valence-electron chi connectivity index (χ0n) is 11.2. The monoisotopic (exact) mass is 260 g/mol. The van der Waals surface area contributed by atoms with Crippen molar-refractivity contribution < 1.29 is 24.2 Å². The number of hydrogen-bond donors (Lipinski definition) is 1. The van der Waals surface area contributed by atoms with E-state index in [1.807, 2.05) is 6.92 Å². The normalized spacial score (nSPS) is 10.1. The Kier molecular flexibility index (Phi) is 11.6. The molecule has 0 rings (SSSR count). The van der Waals surface area contributed by atoms with Crippen LogP contribution in [0.2, 0.25) is 0 Å². The first-order valence-electron chi connectivity index (χ1n) is 6.62. The summed E-state index contributed by atoms with van der Waals surface area (Å²) in [4.78, 5) is 22.3. The molecular weight excluding hydrogens is 236 g/mol. The van der Waals surface area contributed by atoms with E-state index in [-0.39, 0.29) is 31.8 Å². The molecule has 18 heavy (non-hydrogen) atoms. The van der Waals surface area contributed by atoms with Gasteiger partial charge in [0.25, 0.3) is 0 Å². The lowest BCUT2D eigenvalue weighted by Gasteiger charge is -2.06. The Balaban J connectivity index is 3.31. The van der Waals surface area contributed by atoms with E-state index in [0.29, 0.717) is 19.3 Å². The third-order valence-corrected chi connectivity index (χ3v) is 2.38. The highest BCUT2D eigenvalue weighted by Crippen LogP contribution is 2.01. The predicted octanol–water partition coefficient (Wildman–Crippen LogP) is 1.82. The molecule has 1 N–H and O–H groups in total. The average Bonchev–Trinajstić information content (AvgIpc) is 2.37. The fraction of sp³-hybridized carbons (Fsp3) is 0.846. The minimum Gasteiger partial charge on any atom is -0.462 e. The molecule has 0 bridgehead atoms. The molecule has 0 saturated heterocycles. The lowest BCUT2D eigenvalue weighted by atomic mass is 10.2. The van der Waals surface area contributed by atoms with E-state index in [0.717, 1.165) is 25.7 Å². The summed E-state index contributed by atoms with van der Waals surface area (Å²) in [5, 5.41) is 8.55. The van der Waals surface area contributed by atoms with Gasteiger partial charge in [-0.05, 0) is 19.3 Å². The van der Waals surface area contributed by atoms with Gasteiger partial charge >= 0.3 is 11.9 Å². The van der Waals surface area contributed by atoms with Gasteiger partial charge in [0, 0.05) is 19.4 Å². The van der Waals surface area contributed by atoms with Crippen LogP contribution in [0.3, 0.4) is 0 Å². The highest BCUT2D eigenvalue weighted by Gasteiger charge is 2.04. The third kappa shape index (κ3) is 11.4. The van der Waals surface area contributed by atoms with Crippen molar-refractivity contribution >= 4 is 11.9 Å². The van der Waals surface area contributed by atoms with Crippen LogP contribution < -0.4 is 0 Å². The van der Waals surface area contributed by atoms with Crippen LogP contribution in [0.5, 0.6) is 0 Å². The zero-order chi connectivity index (χ0) is 13.6. The van der Waals surface area contributed by atoms with E-state index >= 15 is 0 Å². The van der Waals surface area contributed by atoms with Gasteiger partial charge in [-0.2, -0.15) is 0 Å². The number of carbonyl (C=O) groups excluding carboxylic acids is 2. The van der Waals surface area contributed by atoms with E-state index in [4.69, 9.17) is 14.6 Å². The van der Waals surface area contributed by atoms with Crippen LogP contribution in [0.25, 0.3) is 0 Å². The molecule has 0 fully saturated rings. The predicted molar refractivity (Wildman–Crippen MR) is 67.0 cm³/mol. The summed E-state index contributed by atoms with van der Waals surface area (Å²) < 4.78 is 9.79. The molecule has 0 aliphatic rings. The molecule has 0 heterocycles. The molecule has 5 heteroatoms. The molecule has 0 saturated carbocycles. The molecule has 5 nitrogen and oxygen atoms in total. The van der Waals surface area contributed by atoms with Crippen molar-refractivity contribution in [3.8, 4) is 0 Å². The average molecular weight is 260 g/mol. The summed E-state index contributed by atoms with van der Waals surface area (Å²) >= 11 is 0. The van der Waals surface area contributed by atoms with E-state index in [2.05, 4.69) is 0 Å². The largest absolute Gasteiger partial charge is 0.462 e. The van der Waals surface area contributed by atoms with Gasteiger partial charge in [-0.25, -0.2) is 0 Å². The summed E-state index contributed by atoms with van der Waals surface area (Å²) in [7, 11) is 0. The van der Waals surface area contributed by atoms with Crippen LogP contribution in [-0.2, 0) is 19.1 Å². The molecular formula is C13H24O5. The van der Waals surface area contributed by atoms with Crippen LogP contribution in [0.15, 0.2) is 0 Å². The second-order valence-corrected chi connectivity index (χ2v) is 4.08. The lowest BCUT2D eigenvalue weighted by molar-refractivity contribution is -0.152. The minimum atomic E-state index is -0.280. The summed E-state index contributed by atoms with van der Waals surface area (Å²) in [5.41, 5.74) is 0. The Hall–Kier alpha value is -1.10. The molecule has 0 aliphatic heterocycles. The molecule has 0 aliphatic carbocycles. The number of aliphatic hydroxyl groups excluding tert-OH is 1. The van der Waals surface area contributed by atoms with Gasteiger partial charge in [0.05, 0.1) is 0 Å². The van der Waals surface area contributed by atoms with Crippen molar-refractivity contribution in [3.05, 3.63) is 0 Å². The van der Waals surface area contributed by atoms with Gasteiger partial charge < -0.3 is 14.6 Å². The quantitative estimate of drug-likeness (QED) is 0.453. The molecule has 0 aromatic heterocycles. The number of ether oxygens (including phenoxy) is 2. The van der Waals surface area contributed by atoms with Gasteiger partial charge in [-0.1, -0.05) is 19.8 Å². The van der Waals surface area contributed by atoms with E-state index in [1.54, 1.807) is 0 Å². The maximum atomic E-state index is 11.2. The summed E-state index contributed by atoms with van der Waals surface area (Å²) in [6, 6.07) is 0. The van der Waals surface area contributed by atoms with Crippen molar-refractivity contribution in [1.82, 2.24) is 0 Å². The fourth-order valence-electron chi connectivity index (χ4n) is 1.33. The summed E-state index contributed by atoms with van der Waals surface area (Å²) in [6.45, 7) is 2.41. The number of aliphatic hydroxyl groups is 1. The topological polar surface area (TPSA) is 72.8 Å². The smallest absolute Gasteiger partial charge is 0.305 e. The van der Waals surface area contributed by atoms with Crippen molar-refractivity contribution in [2.45, 2.75) is 51.9 Å². The molecule has 0 unspecified atom stereocenters. The third-order valence-electron chi connectivity index (χ3n) is 2.38. The molecule has 106 valence electrons. The van der Waals surface area contributed by atoms with Crippen molar-refractivity contribution in [1.29, 1.82) is 0 Å². The number of unbranched alkanes of at least 4 members (excludes halogenated alkanes) is 3. The van der Waals surface area contributed by atoms with Crippen LogP contribution >= 0.6 is 0 Å². The van der Waals surface area contributed by atoms with E-state index in [1.165, 1.54) is 0 Å². The van der Waals surface area contributed by atoms with Crippen molar-refractivity contribution in [2.75, 3.05) is 19.8 Å². The number of carbonyl (C=O) groups is 2. The molecule has 0 aromatic rings. The second-order valence-electron chi connectivity index (χ2n) is 4.08. The Morgan fingerprint density at radius 1 is 0.889 bits per heavy atom. The SMILES string of the molecule is CCCCC(=O)OCCOC(=O)CCCCCO. The first kappa shape index (κ1) is 16.9. The Morgan fingerprint density at radius 3 is 1.94 bits per heavy atom. The Morgan fingerprint density at radius 2 is 1.44 bits per heavy atom. The summed E-state index contributed by atoms with van der Waals surface area (Å²) in [5.74, 6) is -0.520. The lowest BCUT2D eigenvalue weighted by Crippen LogP contribution is -2.13. The van der Waals surface area contributed by atoms with Crippen LogP contribution in [0, 0.1) is 0 Å².